The van der Waals surface area contributed by atoms with Gasteiger partial charge >= 0.3 is 0 Å². The zero-order valence-electron chi connectivity index (χ0n) is 12.2. The summed E-state index contributed by atoms with van der Waals surface area (Å²) < 4.78 is 27.1. The molecule has 1 aliphatic heterocycles. The van der Waals surface area contributed by atoms with Crippen LogP contribution >= 0.6 is 0 Å². The molecule has 0 unspecified atom stereocenters. The Bertz CT molecular complexity index is 564. The molecular formula is C14H23N3O2S. The molecule has 0 spiro atoms. The summed E-state index contributed by atoms with van der Waals surface area (Å²) in [6.45, 7) is 7.70. The van der Waals surface area contributed by atoms with Crippen molar-refractivity contribution in [2.45, 2.75) is 25.2 Å². The van der Waals surface area contributed by atoms with Gasteiger partial charge < -0.3 is 10.6 Å². The second-order valence-corrected chi connectivity index (χ2v) is 6.97. The predicted octanol–water partition coefficient (Wildman–Crippen LogP) is 1.16. The number of nitrogens with zero attached hydrogens (tertiary/aromatic N) is 2. The highest BCUT2D eigenvalue weighted by Crippen LogP contribution is 2.24. The summed E-state index contributed by atoms with van der Waals surface area (Å²) >= 11 is 0. The highest BCUT2D eigenvalue weighted by Gasteiger charge is 2.29. The lowest BCUT2D eigenvalue weighted by Crippen LogP contribution is -2.48. The van der Waals surface area contributed by atoms with Gasteiger partial charge in [-0.15, -0.1) is 0 Å². The number of sulfonamides is 1. The first-order chi connectivity index (χ1) is 9.48. The van der Waals surface area contributed by atoms with Gasteiger partial charge in [0.2, 0.25) is 10.0 Å². The number of nitrogen functional groups attached to an aromatic ring is 1. The minimum absolute atomic E-state index is 0.366. The van der Waals surface area contributed by atoms with Gasteiger partial charge in [-0.05, 0) is 30.7 Å². The van der Waals surface area contributed by atoms with E-state index in [1.165, 1.54) is 0 Å². The topological polar surface area (TPSA) is 66.6 Å². The SMILES string of the molecule is CCc1ccc(N)cc1S(=O)(=O)N1CCN(CC)CC1. The summed E-state index contributed by atoms with van der Waals surface area (Å²) in [6.07, 6.45) is 0.684. The van der Waals surface area contributed by atoms with Gasteiger partial charge in [-0.3, -0.25) is 0 Å². The number of anilines is 1. The van der Waals surface area contributed by atoms with Crippen LogP contribution in [0.3, 0.4) is 0 Å². The summed E-state index contributed by atoms with van der Waals surface area (Å²) in [7, 11) is -3.43. The van der Waals surface area contributed by atoms with Crippen LogP contribution in [-0.2, 0) is 16.4 Å². The van der Waals surface area contributed by atoms with Crippen molar-refractivity contribution >= 4 is 15.7 Å². The van der Waals surface area contributed by atoms with Crippen LogP contribution in [0.25, 0.3) is 0 Å². The molecule has 0 radical (unpaired) electrons. The van der Waals surface area contributed by atoms with Crippen LogP contribution in [0.4, 0.5) is 5.69 Å². The third-order valence-corrected chi connectivity index (χ3v) is 5.85. The van der Waals surface area contributed by atoms with E-state index in [0.717, 1.165) is 25.2 Å². The van der Waals surface area contributed by atoms with Crippen LogP contribution in [0.1, 0.15) is 19.4 Å². The van der Waals surface area contributed by atoms with Gasteiger partial charge in [-0.25, -0.2) is 8.42 Å². The number of rotatable bonds is 4. The first-order valence-electron chi connectivity index (χ1n) is 7.10. The van der Waals surface area contributed by atoms with E-state index in [0.29, 0.717) is 30.1 Å². The minimum Gasteiger partial charge on any atom is -0.399 e. The molecule has 2 N–H and O–H groups in total. The van der Waals surface area contributed by atoms with E-state index >= 15 is 0 Å². The van der Waals surface area contributed by atoms with E-state index in [9.17, 15) is 8.42 Å². The summed E-state index contributed by atoms with van der Waals surface area (Å²) in [4.78, 5) is 2.62. The molecule has 2 rings (SSSR count). The standard InChI is InChI=1S/C14H23N3O2S/c1-3-12-5-6-13(15)11-14(12)20(18,19)17-9-7-16(4-2)8-10-17/h5-6,11H,3-4,7-10,15H2,1-2H3. The monoisotopic (exact) mass is 297 g/mol. The highest BCUT2D eigenvalue weighted by molar-refractivity contribution is 7.89. The molecule has 0 amide bonds. The maximum Gasteiger partial charge on any atom is 0.243 e. The minimum atomic E-state index is -3.43. The molecule has 0 bridgehead atoms. The number of likely N-dealkylation sites (N-methyl/N-ethyl adjacent to an activating group) is 1. The third kappa shape index (κ3) is 2.97. The number of piperazine rings is 1. The Labute approximate surface area is 121 Å². The van der Waals surface area contributed by atoms with Crippen molar-refractivity contribution in [1.82, 2.24) is 9.21 Å². The van der Waals surface area contributed by atoms with Crippen molar-refractivity contribution in [3.63, 3.8) is 0 Å². The fraction of sp³-hybridized carbons (Fsp3) is 0.571. The molecule has 1 saturated heterocycles. The lowest BCUT2D eigenvalue weighted by atomic mass is 10.1. The second-order valence-electron chi connectivity index (χ2n) is 5.06. The van der Waals surface area contributed by atoms with E-state index in [4.69, 9.17) is 5.73 Å². The molecule has 1 heterocycles. The molecule has 5 nitrogen and oxygen atoms in total. The van der Waals surface area contributed by atoms with E-state index < -0.39 is 10.0 Å². The van der Waals surface area contributed by atoms with Gasteiger partial charge in [-0.1, -0.05) is 19.9 Å². The molecule has 1 aliphatic rings. The smallest absolute Gasteiger partial charge is 0.243 e. The molecule has 0 saturated carbocycles. The molecule has 0 atom stereocenters. The third-order valence-electron chi connectivity index (χ3n) is 3.87. The van der Waals surface area contributed by atoms with Crippen molar-refractivity contribution in [1.29, 1.82) is 0 Å². The molecule has 1 fully saturated rings. The Morgan fingerprint density at radius 2 is 1.80 bits per heavy atom. The van der Waals surface area contributed by atoms with Gasteiger partial charge in [0, 0.05) is 31.9 Å². The Morgan fingerprint density at radius 3 is 2.35 bits per heavy atom. The molecular weight excluding hydrogens is 274 g/mol. The van der Waals surface area contributed by atoms with Crippen LogP contribution < -0.4 is 5.73 Å². The van der Waals surface area contributed by atoms with Crippen LogP contribution in [0, 0.1) is 0 Å². The van der Waals surface area contributed by atoms with E-state index in [2.05, 4.69) is 11.8 Å². The lowest BCUT2D eigenvalue weighted by Gasteiger charge is -2.33. The molecule has 1 aromatic rings. The van der Waals surface area contributed by atoms with Gasteiger partial charge in [0.15, 0.2) is 0 Å². The molecule has 6 heteroatoms. The molecule has 0 aromatic heterocycles. The van der Waals surface area contributed by atoms with Crippen molar-refractivity contribution < 1.29 is 8.42 Å². The van der Waals surface area contributed by atoms with E-state index in [-0.39, 0.29) is 0 Å². The summed E-state index contributed by atoms with van der Waals surface area (Å²) in [5.74, 6) is 0. The van der Waals surface area contributed by atoms with Crippen LogP contribution in [0.5, 0.6) is 0 Å². The van der Waals surface area contributed by atoms with Gasteiger partial charge in [0.1, 0.15) is 0 Å². The van der Waals surface area contributed by atoms with Gasteiger partial charge in [-0.2, -0.15) is 4.31 Å². The number of benzene rings is 1. The quantitative estimate of drug-likeness (QED) is 0.847. The average Bonchev–Trinajstić information content (AvgIpc) is 2.47. The zero-order valence-corrected chi connectivity index (χ0v) is 13.0. The second kappa shape index (κ2) is 6.11. The van der Waals surface area contributed by atoms with Crippen LogP contribution in [0.2, 0.25) is 0 Å². The van der Waals surface area contributed by atoms with Crippen molar-refractivity contribution in [2.24, 2.45) is 0 Å². The Morgan fingerprint density at radius 1 is 1.15 bits per heavy atom. The van der Waals surface area contributed by atoms with Gasteiger partial charge in [0.25, 0.3) is 0 Å². The zero-order chi connectivity index (χ0) is 14.8. The predicted molar refractivity (Wildman–Crippen MR) is 81.1 cm³/mol. The summed E-state index contributed by atoms with van der Waals surface area (Å²) in [5, 5.41) is 0. The van der Waals surface area contributed by atoms with Crippen molar-refractivity contribution in [3.05, 3.63) is 23.8 Å². The fourth-order valence-corrected chi connectivity index (χ4v) is 4.28. The van der Waals surface area contributed by atoms with Crippen LogP contribution in [0.15, 0.2) is 23.1 Å². The molecule has 1 aromatic carbocycles. The number of aryl methyl sites for hydroxylation is 1. The van der Waals surface area contributed by atoms with E-state index in [1.54, 1.807) is 16.4 Å². The maximum atomic E-state index is 12.8. The largest absolute Gasteiger partial charge is 0.399 e. The number of nitrogens with two attached hydrogens (primary N) is 1. The lowest BCUT2D eigenvalue weighted by molar-refractivity contribution is 0.196. The number of hydrogen-bond acceptors (Lipinski definition) is 4. The normalized spacial score (nSPS) is 18.3. The summed E-state index contributed by atoms with van der Waals surface area (Å²) in [5.41, 5.74) is 7.08. The van der Waals surface area contributed by atoms with Gasteiger partial charge in [0.05, 0.1) is 4.90 Å². The molecule has 20 heavy (non-hydrogen) atoms. The van der Waals surface area contributed by atoms with Crippen LogP contribution in [-0.4, -0.2) is 50.3 Å². The maximum absolute atomic E-state index is 12.8. The number of hydrogen-bond donors (Lipinski definition) is 1. The van der Waals surface area contributed by atoms with E-state index in [1.807, 2.05) is 13.0 Å². The first kappa shape index (κ1) is 15.3. The van der Waals surface area contributed by atoms with Crippen molar-refractivity contribution in [2.75, 3.05) is 38.5 Å². The molecule has 112 valence electrons. The molecule has 0 aliphatic carbocycles. The Kier molecular flexibility index (Phi) is 4.67. The highest BCUT2D eigenvalue weighted by atomic mass is 32.2. The van der Waals surface area contributed by atoms with Crippen molar-refractivity contribution in [3.8, 4) is 0 Å². The first-order valence-corrected chi connectivity index (χ1v) is 8.54. The average molecular weight is 297 g/mol. The Hall–Kier alpha value is -1.11. The fourth-order valence-electron chi connectivity index (χ4n) is 2.53. The summed E-state index contributed by atoms with van der Waals surface area (Å²) in [6, 6.07) is 5.15. The Balaban J connectivity index is 2.29.